The van der Waals surface area contributed by atoms with E-state index in [-0.39, 0.29) is 11.9 Å². The van der Waals surface area contributed by atoms with E-state index in [1.807, 2.05) is 31.1 Å². The lowest BCUT2D eigenvalue weighted by Crippen LogP contribution is -2.33. The van der Waals surface area contributed by atoms with Crippen molar-refractivity contribution in [2.75, 3.05) is 27.2 Å². The fourth-order valence-electron chi connectivity index (χ4n) is 3.77. The van der Waals surface area contributed by atoms with Gasteiger partial charge in [-0.3, -0.25) is 4.79 Å². The summed E-state index contributed by atoms with van der Waals surface area (Å²) in [5, 5.41) is 0. The van der Waals surface area contributed by atoms with Crippen molar-refractivity contribution in [3.63, 3.8) is 0 Å². The van der Waals surface area contributed by atoms with Gasteiger partial charge >= 0.3 is 0 Å². The lowest BCUT2D eigenvalue weighted by Gasteiger charge is -2.19. The smallest absolute Gasteiger partial charge is 0.253 e. The number of rotatable bonds is 3. The van der Waals surface area contributed by atoms with Crippen LogP contribution in [0.3, 0.4) is 0 Å². The molecule has 2 aliphatic rings. The van der Waals surface area contributed by atoms with Crippen molar-refractivity contribution in [3.8, 4) is 0 Å². The van der Waals surface area contributed by atoms with E-state index in [0.29, 0.717) is 11.8 Å². The molecule has 0 bridgehead atoms. The number of fused-ring (bicyclic) bond motifs is 1. The zero-order valence-electron chi connectivity index (χ0n) is 13.0. The number of benzene rings is 1. The molecule has 1 aromatic carbocycles. The second kappa shape index (κ2) is 5.78. The molecular formula is C17H25N3O. The highest BCUT2D eigenvalue weighted by Crippen LogP contribution is 2.37. The molecule has 2 fully saturated rings. The molecular weight excluding hydrogens is 262 g/mol. The number of carbonyl (C=O) groups excluding carboxylic acids is 1. The summed E-state index contributed by atoms with van der Waals surface area (Å²) in [7, 11) is 4.09. The summed E-state index contributed by atoms with van der Waals surface area (Å²) in [4.78, 5) is 16.7. The zero-order valence-corrected chi connectivity index (χ0v) is 13.0. The van der Waals surface area contributed by atoms with E-state index in [1.165, 1.54) is 12.0 Å². The first-order chi connectivity index (χ1) is 10.0. The molecule has 3 unspecified atom stereocenters. The van der Waals surface area contributed by atoms with Crippen LogP contribution in [0.25, 0.3) is 0 Å². The van der Waals surface area contributed by atoms with Gasteiger partial charge in [0.25, 0.3) is 5.91 Å². The first kappa shape index (κ1) is 14.5. The molecule has 1 saturated heterocycles. The van der Waals surface area contributed by atoms with E-state index in [1.54, 1.807) is 0 Å². The predicted octanol–water partition coefficient (Wildman–Crippen LogP) is 1.56. The maximum atomic E-state index is 12.6. The molecule has 4 nitrogen and oxygen atoms in total. The van der Waals surface area contributed by atoms with E-state index < -0.39 is 0 Å². The van der Waals surface area contributed by atoms with Crippen LogP contribution < -0.4 is 5.73 Å². The molecule has 3 rings (SSSR count). The Morgan fingerprint density at radius 3 is 2.57 bits per heavy atom. The van der Waals surface area contributed by atoms with E-state index in [2.05, 4.69) is 17.0 Å². The molecule has 4 heteroatoms. The van der Waals surface area contributed by atoms with Crippen molar-refractivity contribution in [2.24, 2.45) is 17.6 Å². The van der Waals surface area contributed by atoms with Gasteiger partial charge < -0.3 is 15.5 Å². The highest BCUT2D eigenvalue weighted by Gasteiger charge is 2.42. The number of amides is 1. The fraction of sp³-hybridized carbons (Fsp3) is 0.588. The van der Waals surface area contributed by atoms with Crippen LogP contribution >= 0.6 is 0 Å². The number of nitrogens with two attached hydrogens (primary N) is 1. The molecule has 1 amide bonds. The first-order valence-corrected chi connectivity index (χ1v) is 7.83. The number of hydrogen-bond acceptors (Lipinski definition) is 3. The van der Waals surface area contributed by atoms with Crippen molar-refractivity contribution >= 4 is 5.91 Å². The Balaban J connectivity index is 1.66. The van der Waals surface area contributed by atoms with Gasteiger partial charge in [0.1, 0.15) is 0 Å². The Labute approximate surface area is 126 Å². The van der Waals surface area contributed by atoms with Gasteiger partial charge in [-0.05, 0) is 56.5 Å². The molecule has 21 heavy (non-hydrogen) atoms. The Bertz CT molecular complexity index is 511. The molecule has 0 spiro atoms. The van der Waals surface area contributed by atoms with Gasteiger partial charge in [0, 0.05) is 31.2 Å². The molecule has 1 aliphatic carbocycles. The van der Waals surface area contributed by atoms with Crippen molar-refractivity contribution in [1.82, 2.24) is 9.80 Å². The Hall–Kier alpha value is -1.39. The van der Waals surface area contributed by atoms with Crippen molar-refractivity contribution in [3.05, 3.63) is 35.4 Å². The summed E-state index contributed by atoms with van der Waals surface area (Å²) in [5.41, 5.74) is 8.18. The SMILES string of the molecule is CN(C)Cc1ccc(C(=O)N2CC3CCC(N)C3C2)cc1. The standard InChI is InChI=1S/C17H25N3O/c1-19(2)9-12-3-5-13(6-4-12)17(21)20-10-14-7-8-16(18)15(14)11-20/h3-6,14-16H,7-11,18H2,1-2H3. The van der Waals surface area contributed by atoms with Crippen LogP contribution in [0, 0.1) is 11.8 Å². The van der Waals surface area contributed by atoms with Crippen LogP contribution in [0.1, 0.15) is 28.8 Å². The van der Waals surface area contributed by atoms with Gasteiger partial charge in [-0.25, -0.2) is 0 Å². The van der Waals surface area contributed by atoms with Gasteiger partial charge in [0.05, 0.1) is 0 Å². The van der Waals surface area contributed by atoms with Gasteiger partial charge in [0.2, 0.25) is 0 Å². The van der Waals surface area contributed by atoms with Crippen molar-refractivity contribution in [1.29, 1.82) is 0 Å². The third-order valence-electron chi connectivity index (χ3n) is 4.90. The average Bonchev–Trinajstić information content (AvgIpc) is 3.01. The summed E-state index contributed by atoms with van der Waals surface area (Å²) in [5.74, 6) is 1.30. The van der Waals surface area contributed by atoms with Crippen LogP contribution in [-0.4, -0.2) is 48.9 Å². The zero-order chi connectivity index (χ0) is 15.0. The predicted molar refractivity (Wildman–Crippen MR) is 83.9 cm³/mol. The van der Waals surface area contributed by atoms with Crippen LogP contribution in [0.5, 0.6) is 0 Å². The third-order valence-corrected chi connectivity index (χ3v) is 4.90. The number of likely N-dealkylation sites (tertiary alicyclic amines) is 1. The summed E-state index contributed by atoms with van der Waals surface area (Å²) >= 11 is 0. The first-order valence-electron chi connectivity index (χ1n) is 7.83. The van der Waals surface area contributed by atoms with Gasteiger partial charge in [-0.15, -0.1) is 0 Å². The molecule has 114 valence electrons. The molecule has 1 heterocycles. The minimum atomic E-state index is 0.160. The molecule has 1 saturated carbocycles. The van der Waals surface area contributed by atoms with E-state index in [0.717, 1.165) is 31.6 Å². The topological polar surface area (TPSA) is 49.6 Å². The largest absolute Gasteiger partial charge is 0.338 e. The van der Waals surface area contributed by atoms with Crippen LogP contribution in [0.15, 0.2) is 24.3 Å². The highest BCUT2D eigenvalue weighted by atomic mass is 16.2. The van der Waals surface area contributed by atoms with Gasteiger partial charge in [0.15, 0.2) is 0 Å². The van der Waals surface area contributed by atoms with Crippen LogP contribution in [-0.2, 0) is 6.54 Å². The van der Waals surface area contributed by atoms with Crippen LogP contribution in [0.2, 0.25) is 0 Å². The maximum absolute atomic E-state index is 12.6. The number of hydrogen-bond donors (Lipinski definition) is 1. The Morgan fingerprint density at radius 1 is 1.24 bits per heavy atom. The van der Waals surface area contributed by atoms with Crippen molar-refractivity contribution in [2.45, 2.75) is 25.4 Å². The number of nitrogens with zero attached hydrogens (tertiary/aromatic N) is 2. The third kappa shape index (κ3) is 2.97. The average molecular weight is 287 g/mol. The maximum Gasteiger partial charge on any atom is 0.253 e. The summed E-state index contributed by atoms with van der Waals surface area (Å²) in [6, 6.07) is 8.30. The van der Waals surface area contributed by atoms with Crippen molar-refractivity contribution < 1.29 is 4.79 Å². The molecule has 0 aromatic heterocycles. The van der Waals surface area contributed by atoms with E-state index >= 15 is 0 Å². The monoisotopic (exact) mass is 287 g/mol. The van der Waals surface area contributed by atoms with E-state index in [4.69, 9.17) is 5.73 Å². The molecule has 1 aliphatic heterocycles. The lowest BCUT2D eigenvalue weighted by atomic mass is 9.98. The Kier molecular flexibility index (Phi) is 4.00. The van der Waals surface area contributed by atoms with Gasteiger partial charge in [-0.2, -0.15) is 0 Å². The number of carbonyl (C=O) groups is 1. The minimum absolute atomic E-state index is 0.160. The normalized spacial score (nSPS) is 28.2. The molecule has 1 aromatic rings. The lowest BCUT2D eigenvalue weighted by molar-refractivity contribution is 0.0779. The molecule has 3 atom stereocenters. The summed E-state index contributed by atoms with van der Waals surface area (Å²) in [6.45, 7) is 2.62. The minimum Gasteiger partial charge on any atom is -0.338 e. The molecule has 0 radical (unpaired) electrons. The quantitative estimate of drug-likeness (QED) is 0.918. The second-order valence-electron chi connectivity index (χ2n) is 6.81. The fourth-order valence-corrected chi connectivity index (χ4v) is 3.77. The second-order valence-corrected chi connectivity index (χ2v) is 6.81. The summed E-state index contributed by atoms with van der Waals surface area (Å²) < 4.78 is 0. The summed E-state index contributed by atoms with van der Waals surface area (Å²) in [6.07, 6.45) is 2.30. The van der Waals surface area contributed by atoms with Crippen LogP contribution in [0.4, 0.5) is 0 Å². The van der Waals surface area contributed by atoms with Gasteiger partial charge in [-0.1, -0.05) is 12.1 Å². The Morgan fingerprint density at radius 2 is 1.95 bits per heavy atom. The van der Waals surface area contributed by atoms with E-state index in [9.17, 15) is 4.79 Å². The molecule has 2 N–H and O–H groups in total. The highest BCUT2D eigenvalue weighted by molar-refractivity contribution is 5.94.